The average Bonchev–Trinajstić information content (AvgIpc) is 2.77. The number of hydrogen-bond donors (Lipinski definition) is 1. The van der Waals surface area contributed by atoms with Crippen LogP contribution in [0.3, 0.4) is 0 Å². The van der Waals surface area contributed by atoms with E-state index in [1.807, 2.05) is 0 Å². The Labute approximate surface area is 113 Å². The fourth-order valence-corrected chi connectivity index (χ4v) is 2.75. The third-order valence-corrected chi connectivity index (χ3v) is 3.78. The van der Waals surface area contributed by atoms with Crippen LogP contribution in [0.15, 0.2) is 18.2 Å². The van der Waals surface area contributed by atoms with Crippen molar-refractivity contribution in [3.05, 3.63) is 29.6 Å². The number of benzene rings is 1. The number of imidazole rings is 1. The number of nitrogens with one attached hydrogen (secondary N) is 1. The Morgan fingerprint density at radius 3 is 2.95 bits per heavy atom. The zero-order valence-corrected chi connectivity index (χ0v) is 11.8. The number of nitrogens with zero attached hydrogens (tertiary/aromatic N) is 2. The van der Waals surface area contributed by atoms with Crippen LogP contribution < -0.4 is 5.32 Å². The molecule has 102 valence electrons. The van der Waals surface area contributed by atoms with Gasteiger partial charge < -0.3 is 14.6 Å². The minimum absolute atomic E-state index is 0.294. The molecular weight excluding hydrogens is 238 g/mol. The van der Waals surface area contributed by atoms with Gasteiger partial charge in [0.2, 0.25) is 0 Å². The lowest BCUT2D eigenvalue weighted by Gasteiger charge is -2.24. The van der Waals surface area contributed by atoms with E-state index in [2.05, 4.69) is 49.0 Å². The van der Waals surface area contributed by atoms with Crippen molar-refractivity contribution in [1.29, 1.82) is 0 Å². The minimum atomic E-state index is 0.294. The summed E-state index contributed by atoms with van der Waals surface area (Å²) in [5.41, 5.74) is 3.54. The summed E-state index contributed by atoms with van der Waals surface area (Å²) in [6.45, 7) is 6.83. The summed E-state index contributed by atoms with van der Waals surface area (Å²) in [6.07, 6.45) is 0. The van der Waals surface area contributed by atoms with Crippen LogP contribution in [-0.2, 0) is 11.8 Å². The first-order valence-corrected chi connectivity index (χ1v) is 6.94. The highest BCUT2D eigenvalue weighted by Crippen LogP contribution is 2.24. The SMILES string of the molecule is CC(C)c1nc2cc(C3COCCN3)ccc2n1C. The molecule has 1 aliphatic heterocycles. The van der Waals surface area contributed by atoms with Crippen molar-refractivity contribution in [2.24, 2.45) is 7.05 Å². The molecule has 1 aromatic carbocycles. The lowest BCUT2D eigenvalue weighted by Crippen LogP contribution is -2.34. The van der Waals surface area contributed by atoms with E-state index in [-0.39, 0.29) is 0 Å². The van der Waals surface area contributed by atoms with E-state index in [1.54, 1.807) is 0 Å². The molecule has 0 amide bonds. The Hall–Kier alpha value is -1.39. The summed E-state index contributed by atoms with van der Waals surface area (Å²) < 4.78 is 7.72. The van der Waals surface area contributed by atoms with Crippen LogP contribution in [0.25, 0.3) is 11.0 Å². The van der Waals surface area contributed by atoms with Crippen LogP contribution in [-0.4, -0.2) is 29.3 Å². The normalized spacial score (nSPS) is 20.3. The monoisotopic (exact) mass is 259 g/mol. The van der Waals surface area contributed by atoms with Crippen molar-refractivity contribution in [2.75, 3.05) is 19.8 Å². The van der Waals surface area contributed by atoms with Crippen molar-refractivity contribution in [1.82, 2.24) is 14.9 Å². The van der Waals surface area contributed by atoms with Crippen molar-refractivity contribution in [3.8, 4) is 0 Å². The lowest BCUT2D eigenvalue weighted by atomic mass is 10.1. The molecule has 3 rings (SSSR count). The lowest BCUT2D eigenvalue weighted by molar-refractivity contribution is 0.0769. The van der Waals surface area contributed by atoms with E-state index in [4.69, 9.17) is 9.72 Å². The van der Waals surface area contributed by atoms with Gasteiger partial charge in [0.05, 0.1) is 30.3 Å². The first-order valence-electron chi connectivity index (χ1n) is 6.94. The molecule has 4 nitrogen and oxygen atoms in total. The van der Waals surface area contributed by atoms with Crippen LogP contribution in [0, 0.1) is 0 Å². The topological polar surface area (TPSA) is 39.1 Å². The zero-order chi connectivity index (χ0) is 13.4. The number of fused-ring (bicyclic) bond motifs is 1. The third-order valence-electron chi connectivity index (χ3n) is 3.78. The van der Waals surface area contributed by atoms with Crippen molar-refractivity contribution in [3.63, 3.8) is 0 Å². The molecule has 1 aromatic heterocycles. The highest BCUT2D eigenvalue weighted by molar-refractivity contribution is 5.77. The van der Waals surface area contributed by atoms with Crippen molar-refractivity contribution in [2.45, 2.75) is 25.8 Å². The van der Waals surface area contributed by atoms with Gasteiger partial charge in [0.25, 0.3) is 0 Å². The van der Waals surface area contributed by atoms with Gasteiger partial charge in [-0.15, -0.1) is 0 Å². The zero-order valence-electron chi connectivity index (χ0n) is 11.8. The molecule has 19 heavy (non-hydrogen) atoms. The van der Waals surface area contributed by atoms with Gasteiger partial charge in [-0.3, -0.25) is 0 Å². The number of aryl methyl sites for hydroxylation is 1. The van der Waals surface area contributed by atoms with Crippen LogP contribution in [0.5, 0.6) is 0 Å². The predicted octanol–water partition coefficient (Wildman–Crippen LogP) is 2.36. The van der Waals surface area contributed by atoms with Gasteiger partial charge in [-0.2, -0.15) is 0 Å². The summed E-state index contributed by atoms with van der Waals surface area (Å²) in [5, 5.41) is 3.48. The molecule has 1 atom stereocenters. The Kier molecular flexibility index (Phi) is 3.29. The van der Waals surface area contributed by atoms with Gasteiger partial charge in [0.1, 0.15) is 5.82 Å². The Morgan fingerprint density at radius 1 is 1.42 bits per heavy atom. The summed E-state index contributed by atoms with van der Waals surface area (Å²) in [5.74, 6) is 1.58. The molecule has 0 spiro atoms. The third kappa shape index (κ3) is 2.26. The number of rotatable bonds is 2. The molecule has 2 heterocycles. The van der Waals surface area contributed by atoms with E-state index in [9.17, 15) is 0 Å². The fraction of sp³-hybridized carbons (Fsp3) is 0.533. The number of aromatic nitrogens is 2. The Balaban J connectivity index is 2.00. The van der Waals surface area contributed by atoms with Crippen LogP contribution in [0.4, 0.5) is 0 Å². The van der Waals surface area contributed by atoms with Gasteiger partial charge in [-0.1, -0.05) is 19.9 Å². The molecule has 1 N–H and O–H groups in total. The van der Waals surface area contributed by atoms with E-state index in [1.165, 1.54) is 11.1 Å². The standard InChI is InChI=1S/C15H21N3O/c1-10(2)15-17-12-8-11(4-5-14(12)18(15)3)13-9-19-7-6-16-13/h4-5,8,10,13,16H,6-7,9H2,1-3H3. The molecule has 4 heteroatoms. The van der Waals surface area contributed by atoms with E-state index in [0.29, 0.717) is 12.0 Å². The molecule has 1 unspecified atom stereocenters. The quantitative estimate of drug-likeness (QED) is 0.900. The van der Waals surface area contributed by atoms with E-state index < -0.39 is 0 Å². The fourth-order valence-electron chi connectivity index (χ4n) is 2.75. The van der Waals surface area contributed by atoms with Crippen LogP contribution in [0.2, 0.25) is 0 Å². The maximum absolute atomic E-state index is 5.53. The molecule has 2 aromatic rings. The van der Waals surface area contributed by atoms with Gasteiger partial charge in [-0.05, 0) is 17.7 Å². The van der Waals surface area contributed by atoms with Gasteiger partial charge in [-0.25, -0.2) is 4.98 Å². The highest BCUT2D eigenvalue weighted by atomic mass is 16.5. The second-order valence-electron chi connectivity index (χ2n) is 5.51. The van der Waals surface area contributed by atoms with Gasteiger partial charge in [0.15, 0.2) is 0 Å². The van der Waals surface area contributed by atoms with Gasteiger partial charge >= 0.3 is 0 Å². The second-order valence-corrected chi connectivity index (χ2v) is 5.51. The summed E-state index contributed by atoms with van der Waals surface area (Å²) in [4.78, 5) is 4.76. The molecule has 1 fully saturated rings. The Morgan fingerprint density at radius 2 is 2.26 bits per heavy atom. The summed E-state index contributed by atoms with van der Waals surface area (Å²) in [7, 11) is 2.09. The molecular formula is C15H21N3O. The highest BCUT2D eigenvalue weighted by Gasteiger charge is 2.17. The molecule has 0 bridgehead atoms. The number of ether oxygens (including phenoxy) is 1. The second kappa shape index (κ2) is 4.94. The number of morpholine rings is 1. The van der Waals surface area contributed by atoms with Crippen LogP contribution in [0.1, 0.15) is 37.2 Å². The van der Waals surface area contributed by atoms with E-state index in [0.717, 1.165) is 31.1 Å². The van der Waals surface area contributed by atoms with Crippen molar-refractivity contribution >= 4 is 11.0 Å². The predicted molar refractivity (Wildman–Crippen MR) is 76.4 cm³/mol. The van der Waals surface area contributed by atoms with Crippen molar-refractivity contribution < 1.29 is 4.74 Å². The molecule has 0 saturated carbocycles. The smallest absolute Gasteiger partial charge is 0.112 e. The largest absolute Gasteiger partial charge is 0.378 e. The molecule has 0 aliphatic carbocycles. The van der Waals surface area contributed by atoms with Gasteiger partial charge in [0, 0.05) is 19.5 Å². The molecule has 1 saturated heterocycles. The Bertz CT molecular complexity index is 582. The first-order chi connectivity index (χ1) is 9.16. The average molecular weight is 259 g/mol. The molecule has 0 radical (unpaired) electrons. The van der Waals surface area contributed by atoms with E-state index >= 15 is 0 Å². The minimum Gasteiger partial charge on any atom is -0.378 e. The summed E-state index contributed by atoms with van der Waals surface area (Å²) >= 11 is 0. The maximum Gasteiger partial charge on any atom is 0.112 e. The number of hydrogen-bond acceptors (Lipinski definition) is 3. The maximum atomic E-state index is 5.53. The summed E-state index contributed by atoms with van der Waals surface area (Å²) in [6, 6.07) is 6.83. The van der Waals surface area contributed by atoms with Crippen LogP contribution >= 0.6 is 0 Å². The first kappa shape index (κ1) is 12.6. The molecule has 1 aliphatic rings.